The highest BCUT2D eigenvalue weighted by Crippen LogP contribution is 2.18. The average molecular weight is 285 g/mol. The van der Waals surface area contributed by atoms with E-state index in [0.717, 1.165) is 25.9 Å². The molecule has 1 aliphatic heterocycles. The largest absolute Gasteiger partial charge is 0.462 e. The van der Waals surface area contributed by atoms with E-state index in [0.29, 0.717) is 6.47 Å². The summed E-state index contributed by atoms with van der Waals surface area (Å²) in [5.41, 5.74) is -0.318. The second-order valence-corrected chi connectivity index (χ2v) is 6.25. The van der Waals surface area contributed by atoms with Crippen LogP contribution in [0.15, 0.2) is 0 Å². The van der Waals surface area contributed by atoms with Crippen molar-refractivity contribution in [1.82, 2.24) is 4.90 Å². The lowest BCUT2D eigenvalue weighted by Crippen LogP contribution is -2.34. The van der Waals surface area contributed by atoms with Crippen molar-refractivity contribution in [3.05, 3.63) is 0 Å². The van der Waals surface area contributed by atoms with Gasteiger partial charge in [-0.2, -0.15) is 0 Å². The van der Waals surface area contributed by atoms with Gasteiger partial charge in [0, 0.05) is 5.92 Å². The Morgan fingerprint density at radius 2 is 1.75 bits per heavy atom. The summed E-state index contributed by atoms with van der Waals surface area (Å²) in [6, 6.07) is 0. The van der Waals surface area contributed by atoms with Crippen molar-refractivity contribution in [2.45, 2.75) is 52.6 Å². The van der Waals surface area contributed by atoms with Crippen LogP contribution in [0.2, 0.25) is 0 Å². The van der Waals surface area contributed by atoms with Crippen LogP contribution in [0.4, 0.5) is 0 Å². The molecule has 116 valence electrons. The first-order valence-electron chi connectivity index (χ1n) is 6.98. The average Bonchev–Trinajstić information content (AvgIpc) is 2.28. The Kier molecular flexibility index (Phi) is 8.30. The van der Waals surface area contributed by atoms with Crippen molar-refractivity contribution in [2.75, 3.05) is 20.1 Å². The minimum absolute atomic E-state index is 0.0103. The predicted octanol–water partition coefficient (Wildman–Crippen LogP) is 1.83. The fraction of sp³-hybridized carbons (Fsp3) is 0.800. The molecule has 0 radical (unpaired) electrons. The van der Waals surface area contributed by atoms with Gasteiger partial charge in [0.15, 0.2) is 0 Å². The normalized spacial score (nSPS) is 16.9. The molecular formula is C15H27NO4. The smallest absolute Gasteiger partial charge is 0.293 e. The molecule has 0 aromatic rings. The molecule has 0 N–H and O–H groups in total. The summed E-state index contributed by atoms with van der Waals surface area (Å²) in [6.07, 6.45) is 1.97. The maximum absolute atomic E-state index is 11.5. The first-order chi connectivity index (χ1) is 9.15. The van der Waals surface area contributed by atoms with E-state index in [1.807, 2.05) is 20.8 Å². The van der Waals surface area contributed by atoms with E-state index in [2.05, 4.69) is 16.7 Å². The topological polar surface area (TPSA) is 63.7 Å². The van der Waals surface area contributed by atoms with Crippen molar-refractivity contribution >= 4 is 18.0 Å². The fourth-order valence-corrected chi connectivity index (χ4v) is 1.86. The minimum Gasteiger partial charge on any atom is -0.462 e. The molecular weight excluding hydrogens is 258 g/mol. The molecule has 5 heteroatoms. The molecule has 0 spiro atoms. The zero-order valence-corrected chi connectivity index (χ0v) is 13.3. The number of ketones is 2. The van der Waals surface area contributed by atoms with E-state index in [1.54, 1.807) is 0 Å². The Morgan fingerprint density at radius 3 is 2.05 bits per heavy atom. The van der Waals surface area contributed by atoms with E-state index >= 15 is 0 Å². The van der Waals surface area contributed by atoms with Gasteiger partial charge in [0.05, 0.1) is 6.42 Å². The quantitative estimate of drug-likeness (QED) is 0.582. The van der Waals surface area contributed by atoms with Crippen LogP contribution in [0.1, 0.15) is 47.0 Å². The number of nitrogens with zero attached hydrogens (tertiary/aromatic N) is 1. The Morgan fingerprint density at radius 1 is 1.25 bits per heavy atom. The number of Topliss-reactive ketones (excluding diaryl/α,β-unsaturated/α-hetero) is 2. The molecule has 5 nitrogen and oxygen atoms in total. The van der Waals surface area contributed by atoms with Crippen molar-refractivity contribution in [3.8, 4) is 0 Å². The maximum atomic E-state index is 11.5. The summed E-state index contributed by atoms with van der Waals surface area (Å²) in [5, 5.41) is 0. The highest BCUT2D eigenvalue weighted by Gasteiger charge is 2.23. The molecule has 0 aromatic heterocycles. The highest BCUT2D eigenvalue weighted by molar-refractivity contribution is 5.99. The van der Waals surface area contributed by atoms with Crippen molar-refractivity contribution in [3.63, 3.8) is 0 Å². The van der Waals surface area contributed by atoms with Gasteiger partial charge in [-0.15, -0.1) is 0 Å². The highest BCUT2D eigenvalue weighted by atomic mass is 16.5. The first-order valence-corrected chi connectivity index (χ1v) is 6.98. The summed E-state index contributed by atoms with van der Waals surface area (Å²) >= 11 is 0. The molecule has 1 fully saturated rings. The second kappa shape index (κ2) is 8.84. The first kappa shape index (κ1) is 18.8. The van der Waals surface area contributed by atoms with Gasteiger partial charge in [-0.3, -0.25) is 14.4 Å². The third-order valence-electron chi connectivity index (χ3n) is 3.00. The second-order valence-electron chi connectivity index (χ2n) is 6.25. The fourth-order valence-electron chi connectivity index (χ4n) is 1.86. The molecule has 20 heavy (non-hydrogen) atoms. The van der Waals surface area contributed by atoms with E-state index in [9.17, 15) is 14.4 Å². The summed E-state index contributed by atoms with van der Waals surface area (Å²) < 4.78 is 4.55. The maximum Gasteiger partial charge on any atom is 0.293 e. The minimum atomic E-state index is -0.318. The van der Waals surface area contributed by atoms with Crippen LogP contribution in [0.5, 0.6) is 0 Å². The van der Waals surface area contributed by atoms with Crippen molar-refractivity contribution in [2.24, 2.45) is 5.92 Å². The molecule has 0 unspecified atom stereocenters. The number of likely N-dealkylation sites (tertiary alicyclic amines) is 1. The van der Waals surface area contributed by atoms with Crippen LogP contribution in [-0.2, 0) is 19.1 Å². The Bertz CT molecular complexity index is 325. The van der Waals surface area contributed by atoms with Gasteiger partial charge in [-0.1, -0.05) is 0 Å². The molecule has 1 aliphatic rings. The Balaban J connectivity index is 0.000000441. The Hall–Kier alpha value is -1.23. The van der Waals surface area contributed by atoms with Crippen LogP contribution < -0.4 is 0 Å². The molecule has 0 saturated carbocycles. The van der Waals surface area contributed by atoms with Crippen LogP contribution >= 0.6 is 0 Å². The standard InChI is InChI=1S/C10H17NO2.C5H10O2/c1-8(12)7-10(13)9-3-5-11(2)6-4-9;1-5(2,3)7-4-6/h9H,3-7H2,1-2H3;4H,1-3H3. The molecule has 1 rings (SSSR count). The monoisotopic (exact) mass is 285 g/mol. The molecule has 0 amide bonds. The molecule has 0 bridgehead atoms. The lowest BCUT2D eigenvalue weighted by Gasteiger charge is -2.27. The number of carbonyl (C=O) groups is 3. The number of carbonyl (C=O) groups excluding carboxylic acids is 3. The van der Waals surface area contributed by atoms with Crippen molar-refractivity contribution in [1.29, 1.82) is 0 Å². The molecule has 0 aromatic carbocycles. The number of hydrogen-bond acceptors (Lipinski definition) is 5. The lowest BCUT2D eigenvalue weighted by atomic mass is 9.90. The van der Waals surface area contributed by atoms with Gasteiger partial charge in [-0.05, 0) is 60.7 Å². The van der Waals surface area contributed by atoms with E-state index in [-0.39, 0.29) is 29.5 Å². The van der Waals surface area contributed by atoms with Crippen LogP contribution in [0.3, 0.4) is 0 Å². The van der Waals surface area contributed by atoms with Crippen LogP contribution in [0.25, 0.3) is 0 Å². The van der Waals surface area contributed by atoms with Gasteiger partial charge < -0.3 is 9.64 Å². The van der Waals surface area contributed by atoms with Gasteiger partial charge in [0.25, 0.3) is 6.47 Å². The third kappa shape index (κ3) is 9.67. The zero-order valence-electron chi connectivity index (χ0n) is 13.3. The predicted molar refractivity (Wildman–Crippen MR) is 77.4 cm³/mol. The van der Waals surface area contributed by atoms with E-state index < -0.39 is 0 Å². The summed E-state index contributed by atoms with van der Waals surface area (Å²) in [4.78, 5) is 34.0. The number of ether oxygens (including phenoxy) is 1. The summed E-state index contributed by atoms with van der Waals surface area (Å²) in [6.45, 7) is 9.36. The van der Waals surface area contributed by atoms with Gasteiger partial charge >= 0.3 is 0 Å². The van der Waals surface area contributed by atoms with Crippen LogP contribution in [0, 0.1) is 5.92 Å². The lowest BCUT2D eigenvalue weighted by molar-refractivity contribution is -0.138. The zero-order chi connectivity index (χ0) is 15.8. The van der Waals surface area contributed by atoms with Gasteiger partial charge in [-0.25, -0.2) is 0 Å². The molecule has 0 aliphatic carbocycles. The Labute approximate surface area is 121 Å². The van der Waals surface area contributed by atoms with Gasteiger partial charge in [0.2, 0.25) is 0 Å². The van der Waals surface area contributed by atoms with Crippen molar-refractivity contribution < 1.29 is 19.1 Å². The third-order valence-corrected chi connectivity index (χ3v) is 3.00. The SMILES string of the molecule is CC(=O)CC(=O)C1CCN(C)CC1.CC(C)(C)OC=O. The molecule has 0 atom stereocenters. The van der Waals surface area contributed by atoms with Crippen LogP contribution in [-0.4, -0.2) is 48.7 Å². The number of hydrogen-bond donors (Lipinski definition) is 0. The van der Waals surface area contributed by atoms with E-state index in [1.165, 1.54) is 6.92 Å². The number of piperidine rings is 1. The number of rotatable bonds is 4. The van der Waals surface area contributed by atoms with Gasteiger partial charge in [0.1, 0.15) is 17.2 Å². The summed E-state index contributed by atoms with van der Waals surface area (Å²) in [7, 11) is 2.06. The summed E-state index contributed by atoms with van der Waals surface area (Å²) in [5.74, 6) is 0.268. The molecule has 1 heterocycles. The van der Waals surface area contributed by atoms with E-state index in [4.69, 9.17) is 0 Å². The molecule has 1 saturated heterocycles.